The van der Waals surface area contributed by atoms with Crippen LogP contribution in [0.1, 0.15) is 83.5 Å². The van der Waals surface area contributed by atoms with Crippen LogP contribution in [0.4, 0.5) is 0 Å². The molecule has 0 saturated carbocycles. The lowest BCUT2D eigenvalue weighted by Gasteiger charge is -2.23. The first kappa shape index (κ1) is 20.4. The standard InChI is InChI=1S/C19H30O5/c20-16-14-12-10-8-6-4-2-1-3-5-7-9-11-13-15-19(16,17(21)22)18(23)24/h1,3H,2,4-15H2,(H,21,22)(H,23,24)/b3-1+. The maximum Gasteiger partial charge on any atom is 0.328 e. The molecule has 2 N–H and O–H groups in total. The molecule has 0 aromatic heterocycles. The summed E-state index contributed by atoms with van der Waals surface area (Å²) in [6.07, 6.45) is 14.2. The number of hydrogen-bond donors (Lipinski definition) is 2. The van der Waals surface area contributed by atoms with Crippen LogP contribution in [0.3, 0.4) is 0 Å². The number of carboxylic acid groups (broad SMARTS) is 2. The molecular weight excluding hydrogens is 308 g/mol. The highest BCUT2D eigenvalue weighted by Gasteiger charge is 2.52. The van der Waals surface area contributed by atoms with Crippen molar-refractivity contribution in [2.24, 2.45) is 5.41 Å². The van der Waals surface area contributed by atoms with E-state index in [1.165, 1.54) is 0 Å². The molecule has 5 nitrogen and oxygen atoms in total. The lowest BCUT2D eigenvalue weighted by atomic mass is 9.76. The van der Waals surface area contributed by atoms with E-state index in [9.17, 15) is 24.6 Å². The van der Waals surface area contributed by atoms with E-state index in [0.29, 0.717) is 12.8 Å². The van der Waals surface area contributed by atoms with Crippen LogP contribution in [-0.2, 0) is 14.4 Å². The Hall–Kier alpha value is -1.65. The summed E-state index contributed by atoms with van der Waals surface area (Å²) in [7, 11) is 0. The Labute approximate surface area is 144 Å². The van der Waals surface area contributed by atoms with Crippen LogP contribution in [0.25, 0.3) is 0 Å². The number of rotatable bonds is 2. The zero-order valence-corrected chi connectivity index (χ0v) is 14.5. The maximum atomic E-state index is 12.4. The van der Waals surface area contributed by atoms with Gasteiger partial charge in [-0.25, -0.2) is 0 Å². The van der Waals surface area contributed by atoms with Gasteiger partial charge in [0, 0.05) is 6.42 Å². The van der Waals surface area contributed by atoms with Crippen LogP contribution < -0.4 is 0 Å². The van der Waals surface area contributed by atoms with Crippen LogP contribution in [0.5, 0.6) is 0 Å². The second kappa shape index (κ2) is 11.0. The lowest BCUT2D eigenvalue weighted by molar-refractivity contribution is -0.169. The molecule has 0 heterocycles. The van der Waals surface area contributed by atoms with Gasteiger partial charge >= 0.3 is 11.9 Å². The summed E-state index contributed by atoms with van der Waals surface area (Å²) < 4.78 is 0. The van der Waals surface area contributed by atoms with Crippen LogP contribution in [-0.4, -0.2) is 27.9 Å². The van der Waals surface area contributed by atoms with E-state index in [2.05, 4.69) is 12.2 Å². The van der Waals surface area contributed by atoms with E-state index in [4.69, 9.17) is 0 Å². The molecule has 0 radical (unpaired) electrons. The minimum Gasteiger partial charge on any atom is -0.480 e. The average Bonchev–Trinajstić information content (AvgIpc) is 2.53. The third-order valence-corrected chi connectivity index (χ3v) is 4.82. The molecule has 1 aliphatic carbocycles. The fourth-order valence-electron chi connectivity index (χ4n) is 3.22. The van der Waals surface area contributed by atoms with E-state index in [1.54, 1.807) is 0 Å². The number of Topliss-reactive ketones (excluding diaryl/α,β-unsaturated/α-hetero) is 1. The van der Waals surface area contributed by atoms with Crippen molar-refractivity contribution in [3.05, 3.63) is 12.2 Å². The van der Waals surface area contributed by atoms with Crippen LogP contribution in [0.2, 0.25) is 0 Å². The molecule has 0 amide bonds. The molecule has 0 fully saturated rings. The van der Waals surface area contributed by atoms with Crippen LogP contribution in [0, 0.1) is 5.41 Å². The first-order valence-electron chi connectivity index (χ1n) is 9.17. The van der Waals surface area contributed by atoms with Gasteiger partial charge in [0.15, 0.2) is 5.78 Å². The van der Waals surface area contributed by atoms with E-state index in [-0.39, 0.29) is 12.8 Å². The van der Waals surface area contributed by atoms with Crippen molar-refractivity contribution in [2.45, 2.75) is 83.5 Å². The van der Waals surface area contributed by atoms with Gasteiger partial charge in [0.05, 0.1) is 0 Å². The Morgan fingerprint density at radius 3 is 1.75 bits per heavy atom. The molecule has 1 aliphatic rings. The minimum absolute atomic E-state index is 0.0402. The quantitative estimate of drug-likeness (QED) is 0.577. The van der Waals surface area contributed by atoms with Gasteiger partial charge in [0.2, 0.25) is 5.41 Å². The summed E-state index contributed by atoms with van der Waals surface area (Å²) in [6.45, 7) is 0. The van der Waals surface area contributed by atoms with Gasteiger partial charge in [-0.2, -0.15) is 0 Å². The number of aliphatic carboxylic acids is 2. The van der Waals surface area contributed by atoms with Gasteiger partial charge in [-0.3, -0.25) is 14.4 Å². The van der Waals surface area contributed by atoms with Gasteiger partial charge in [0.1, 0.15) is 0 Å². The molecule has 1 rings (SSSR count). The molecule has 0 bridgehead atoms. The molecular formula is C19H30O5. The highest BCUT2D eigenvalue weighted by atomic mass is 16.4. The number of carbonyl (C=O) groups excluding carboxylic acids is 1. The van der Waals surface area contributed by atoms with Gasteiger partial charge in [0.25, 0.3) is 0 Å². The molecule has 0 aliphatic heterocycles. The fraction of sp³-hybridized carbons (Fsp3) is 0.737. The van der Waals surface area contributed by atoms with Crippen molar-refractivity contribution in [3.63, 3.8) is 0 Å². The molecule has 0 saturated heterocycles. The van der Waals surface area contributed by atoms with Crippen LogP contribution >= 0.6 is 0 Å². The van der Waals surface area contributed by atoms with Crippen LogP contribution in [0.15, 0.2) is 12.2 Å². The Bertz CT molecular complexity index is 439. The first-order chi connectivity index (χ1) is 11.5. The molecule has 136 valence electrons. The molecule has 0 atom stereocenters. The monoisotopic (exact) mass is 338 g/mol. The number of carbonyl (C=O) groups is 3. The zero-order chi connectivity index (χ0) is 17.8. The van der Waals surface area contributed by atoms with Crippen molar-refractivity contribution in [1.82, 2.24) is 0 Å². The summed E-state index contributed by atoms with van der Waals surface area (Å²) in [6, 6.07) is 0. The lowest BCUT2D eigenvalue weighted by Crippen LogP contribution is -2.46. The summed E-state index contributed by atoms with van der Waals surface area (Å²) >= 11 is 0. The fourth-order valence-corrected chi connectivity index (χ4v) is 3.22. The Balaban J connectivity index is 2.75. The Kier molecular flexibility index (Phi) is 9.35. The van der Waals surface area contributed by atoms with E-state index < -0.39 is 23.1 Å². The SMILES string of the molecule is O=C(O)C1(C(=O)O)CCCCCC/C=C/CCCCCCCC1=O. The first-order valence-corrected chi connectivity index (χ1v) is 9.17. The zero-order valence-electron chi connectivity index (χ0n) is 14.5. The molecule has 0 aromatic rings. The van der Waals surface area contributed by atoms with E-state index in [0.717, 1.165) is 57.8 Å². The summed E-state index contributed by atoms with van der Waals surface area (Å²) in [5.41, 5.74) is -2.26. The predicted octanol–water partition coefficient (Wildman–Crippen LogP) is 4.35. The molecule has 0 unspecified atom stereocenters. The maximum absolute atomic E-state index is 12.4. The number of ketones is 1. The van der Waals surface area contributed by atoms with Gasteiger partial charge < -0.3 is 10.2 Å². The van der Waals surface area contributed by atoms with Gasteiger partial charge in [-0.15, -0.1) is 0 Å². The van der Waals surface area contributed by atoms with Crippen molar-refractivity contribution >= 4 is 17.7 Å². The number of hydrogen-bond acceptors (Lipinski definition) is 3. The van der Waals surface area contributed by atoms with Crippen molar-refractivity contribution in [2.75, 3.05) is 0 Å². The average molecular weight is 338 g/mol. The van der Waals surface area contributed by atoms with Crippen molar-refractivity contribution in [3.8, 4) is 0 Å². The number of allylic oxidation sites excluding steroid dienone is 2. The number of carboxylic acids is 2. The summed E-state index contributed by atoms with van der Waals surface area (Å²) in [5.74, 6) is -3.67. The summed E-state index contributed by atoms with van der Waals surface area (Å²) in [5, 5.41) is 18.9. The van der Waals surface area contributed by atoms with Crippen molar-refractivity contribution < 1.29 is 24.6 Å². The molecule has 0 aromatic carbocycles. The minimum atomic E-state index is -2.26. The Morgan fingerprint density at radius 2 is 1.21 bits per heavy atom. The molecule has 0 spiro atoms. The third-order valence-electron chi connectivity index (χ3n) is 4.82. The highest BCUT2D eigenvalue weighted by Crippen LogP contribution is 2.30. The smallest absolute Gasteiger partial charge is 0.328 e. The third kappa shape index (κ3) is 6.10. The second-order valence-electron chi connectivity index (χ2n) is 6.67. The summed E-state index contributed by atoms with van der Waals surface area (Å²) in [4.78, 5) is 35.6. The predicted molar refractivity (Wildman–Crippen MR) is 91.9 cm³/mol. The largest absolute Gasteiger partial charge is 0.480 e. The van der Waals surface area contributed by atoms with E-state index >= 15 is 0 Å². The highest BCUT2D eigenvalue weighted by molar-refractivity contribution is 6.19. The normalized spacial score (nSPS) is 23.1. The topological polar surface area (TPSA) is 91.7 Å². The van der Waals surface area contributed by atoms with Gasteiger partial charge in [-0.1, -0.05) is 50.7 Å². The second-order valence-corrected chi connectivity index (χ2v) is 6.67. The molecule has 24 heavy (non-hydrogen) atoms. The van der Waals surface area contributed by atoms with Crippen molar-refractivity contribution in [1.29, 1.82) is 0 Å². The van der Waals surface area contributed by atoms with E-state index in [1.807, 2.05) is 0 Å². The van der Waals surface area contributed by atoms with Gasteiger partial charge in [-0.05, 0) is 38.5 Å². The Morgan fingerprint density at radius 1 is 0.750 bits per heavy atom. The molecule has 5 heteroatoms.